The molecule has 0 aliphatic heterocycles. The van der Waals surface area contributed by atoms with E-state index in [4.69, 9.17) is 0 Å². The van der Waals surface area contributed by atoms with Crippen LogP contribution in [-0.4, -0.2) is 17.4 Å². The number of hydrogen-bond donors (Lipinski definition) is 0. The van der Waals surface area contributed by atoms with E-state index in [0.717, 1.165) is 9.86 Å². The van der Waals surface area contributed by atoms with Gasteiger partial charge in [0, 0.05) is 21.7 Å². The third kappa shape index (κ3) is 1.96. The maximum atomic E-state index is 12.7. The zero-order valence-electron chi connectivity index (χ0n) is 10.3. The highest BCUT2D eigenvalue weighted by atomic mass is 79.9. The molecule has 3 rings (SSSR count). The quantitative estimate of drug-likeness (QED) is 0.713. The van der Waals surface area contributed by atoms with Crippen LogP contribution in [0.5, 0.6) is 0 Å². The van der Waals surface area contributed by atoms with Crippen molar-refractivity contribution in [3.8, 4) is 0 Å². The van der Waals surface area contributed by atoms with E-state index in [9.17, 15) is 8.42 Å². The third-order valence-electron chi connectivity index (χ3n) is 2.96. The van der Waals surface area contributed by atoms with Crippen LogP contribution >= 0.6 is 15.9 Å². The Bertz CT molecular complexity index is 886. The van der Waals surface area contributed by atoms with E-state index in [1.807, 2.05) is 0 Å². The molecule has 0 unspecified atom stereocenters. The highest BCUT2D eigenvalue weighted by Gasteiger charge is 2.22. The van der Waals surface area contributed by atoms with Gasteiger partial charge in [-0.3, -0.25) is 0 Å². The second-order valence-corrected chi connectivity index (χ2v) is 6.89. The Morgan fingerprint density at radius 1 is 1.15 bits per heavy atom. The maximum absolute atomic E-state index is 12.7. The number of hydrogen-bond acceptors (Lipinski definition) is 3. The van der Waals surface area contributed by atoms with E-state index < -0.39 is 10.0 Å². The largest absolute Gasteiger partial charge is 0.269 e. The van der Waals surface area contributed by atoms with Crippen molar-refractivity contribution in [1.82, 2.24) is 8.96 Å². The number of halogens is 1. The molecule has 0 aliphatic carbocycles. The van der Waals surface area contributed by atoms with Crippen LogP contribution in [0.3, 0.4) is 0 Å². The molecule has 2 aromatic heterocycles. The van der Waals surface area contributed by atoms with Crippen molar-refractivity contribution in [1.29, 1.82) is 0 Å². The summed E-state index contributed by atoms with van der Waals surface area (Å²) in [6.45, 7) is 3.81. The predicted molar refractivity (Wildman–Crippen MR) is 80.9 cm³/mol. The molecule has 1 radical (unpaired) electrons. The fourth-order valence-electron chi connectivity index (χ4n) is 2.06. The van der Waals surface area contributed by atoms with Gasteiger partial charge >= 0.3 is 0 Å². The molecule has 4 nitrogen and oxygen atoms in total. The number of rotatable bonds is 2. The minimum absolute atomic E-state index is 0.212. The summed E-state index contributed by atoms with van der Waals surface area (Å²) in [6.07, 6.45) is 1.56. The van der Waals surface area contributed by atoms with Crippen LogP contribution in [-0.2, 0) is 10.0 Å². The Morgan fingerprint density at radius 3 is 2.55 bits per heavy atom. The SMILES string of the molecule is [CH2]c1cc2c(Br)ccnc2n1S(=O)(=O)c1ccccc1. The molecule has 101 valence electrons. The lowest BCUT2D eigenvalue weighted by Gasteiger charge is -2.09. The van der Waals surface area contributed by atoms with Crippen LogP contribution in [0.2, 0.25) is 0 Å². The molecule has 3 aromatic rings. The molecule has 2 heterocycles. The zero-order chi connectivity index (χ0) is 14.3. The number of nitrogens with zero attached hydrogens (tertiary/aromatic N) is 2. The van der Waals surface area contributed by atoms with Crippen LogP contribution in [0.25, 0.3) is 11.0 Å². The van der Waals surface area contributed by atoms with E-state index in [2.05, 4.69) is 27.8 Å². The Morgan fingerprint density at radius 2 is 1.85 bits per heavy atom. The lowest BCUT2D eigenvalue weighted by molar-refractivity contribution is 0.588. The monoisotopic (exact) mass is 349 g/mol. The van der Waals surface area contributed by atoms with Crippen LogP contribution in [0.1, 0.15) is 5.69 Å². The van der Waals surface area contributed by atoms with Crippen molar-refractivity contribution in [3.63, 3.8) is 0 Å². The van der Waals surface area contributed by atoms with Gasteiger partial charge < -0.3 is 0 Å². The van der Waals surface area contributed by atoms with E-state index in [1.54, 1.807) is 48.7 Å². The summed E-state index contributed by atoms with van der Waals surface area (Å²) in [5.74, 6) is 0. The highest BCUT2D eigenvalue weighted by molar-refractivity contribution is 9.10. The van der Waals surface area contributed by atoms with E-state index >= 15 is 0 Å². The van der Waals surface area contributed by atoms with Gasteiger partial charge in [0.25, 0.3) is 10.0 Å². The van der Waals surface area contributed by atoms with Crippen molar-refractivity contribution >= 4 is 37.0 Å². The summed E-state index contributed by atoms with van der Waals surface area (Å²) in [7, 11) is -3.70. The molecule has 0 N–H and O–H groups in total. The van der Waals surface area contributed by atoms with Gasteiger partial charge in [-0.1, -0.05) is 18.2 Å². The topological polar surface area (TPSA) is 52.0 Å². The lowest BCUT2D eigenvalue weighted by atomic mass is 10.3. The molecular weight excluding hydrogens is 340 g/mol. The zero-order valence-corrected chi connectivity index (χ0v) is 12.7. The molecule has 0 fully saturated rings. The van der Waals surface area contributed by atoms with Gasteiger partial charge in [-0.2, -0.15) is 0 Å². The standard InChI is InChI=1S/C14H10BrN2O2S/c1-10-9-12-13(15)7-8-16-14(12)17(10)20(18,19)11-5-3-2-4-6-11/h2-9H,1H2. The first-order chi connectivity index (χ1) is 9.51. The molecule has 0 bridgehead atoms. The van der Waals surface area contributed by atoms with Gasteiger partial charge in [-0.15, -0.1) is 0 Å². The Hall–Kier alpha value is -1.66. The molecule has 0 spiro atoms. The number of fused-ring (bicyclic) bond motifs is 1. The Balaban J connectivity index is 2.36. The van der Waals surface area contributed by atoms with Crippen LogP contribution in [0.15, 0.2) is 58.0 Å². The van der Waals surface area contributed by atoms with Crippen molar-refractivity contribution in [2.45, 2.75) is 4.90 Å². The van der Waals surface area contributed by atoms with Crippen molar-refractivity contribution in [2.24, 2.45) is 0 Å². The average molecular weight is 350 g/mol. The molecule has 20 heavy (non-hydrogen) atoms. The van der Waals surface area contributed by atoms with E-state index in [-0.39, 0.29) is 4.90 Å². The van der Waals surface area contributed by atoms with Crippen molar-refractivity contribution < 1.29 is 8.42 Å². The molecule has 0 saturated heterocycles. The second kappa shape index (κ2) is 4.71. The molecule has 0 amide bonds. The molecule has 6 heteroatoms. The third-order valence-corrected chi connectivity index (χ3v) is 5.41. The van der Waals surface area contributed by atoms with Crippen molar-refractivity contribution in [2.75, 3.05) is 0 Å². The van der Waals surface area contributed by atoms with Crippen LogP contribution < -0.4 is 0 Å². The lowest BCUT2D eigenvalue weighted by Crippen LogP contribution is -2.14. The fourth-order valence-corrected chi connectivity index (χ4v) is 3.92. The first-order valence-electron chi connectivity index (χ1n) is 5.80. The van der Waals surface area contributed by atoms with Crippen LogP contribution in [0, 0.1) is 6.92 Å². The summed E-state index contributed by atoms with van der Waals surface area (Å²) in [6, 6.07) is 11.7. The number of benzene rings is 1. The summed E-state index contributed by atoms with van der Waals surface area (Å²) < 4.78 is 27.4. The maximum Gasteiger partial charge on any atom is 0.269 e. The molecule has 1 aromatic carbocycles. The van der Waals surface area contributed by atoms with Gasteiger partial charge in [0.15, 0.2) is 5.65 Å². The van der Waals surface area contributed by atoms with Gasteiger partial charge in [0.1, 0.15) is 0 Å². The second-order valence-electron chi connectivity index (χ2n) is 4.25. The highest BCUT2D eigenvalue weighted by Crippen LogP contribution is 2.28. The summed E-state index contributed by atoms with van der Waals surface area (Å²) in [5.41, 5.74) is 0.747. The van der Waals surface area contributed by atoms with Crippen LogP contribution in [0.4, 0.5) is 0 Å². The molecule has 0 saturated carbocycles. The van der Waals surface area contributed by atoms with Gasteiger partial charge in [0.2, 0.25) is 0 Å². The predicted octanol–water partition coefficient (Wildman–Crippen LogP) is 3.22. The Labute approximate surface area is 125 Å². The molecule has 0 aliphatic rings. The first kappa shape index (κ1) is 13.3. The number of aromatic nitrogens is 2. The molecule has 0 atom stereocenters. The van der Waals surface area contributed by atoms with Gasteiger partial charge in [-0.25, -0.2) is 17.4 Å². The molecular formula is C14H10BrN2O2S. The van der Waals surface area contributed by atoms with E-state index in [1.165, 1.54) is 3.97 Å². The minimum Gasteiger partial charge on any atom is -0.237 e. The summed E-state index contributed by atoms with van der Waals surface area (Å²) >= 11 is 3.39. The number of pyridine rings is 1. The van der Waals surface area contributed by atoms with Crippen molar-refractivity contribution in [3.05, 3.63) is 65.8 Å². The Kier molecular flexibility index (Phi) is 3.14. The summed E-state index contributed by atoms with van der Waals surface area (Å²) in [5, 5.41) is 0.719. The summed E-state index contributed by atoms with van der Waals surface area (Å²) in [4.78, 5) is 4.38. The van der Waals surface area contributed by atoms with E-state index in [0.29, 0.717) is 11.3 Å². The minimum atomic E-state index is -3.70. The van der Waals surface area contributed by atoms with Gasteiger partial charge in [0.05, 0.1) is 4.90 Å². The normalized spacial score (nSPS) is 11.9. The smallest absolute Gasteiger partial charge is 0.237 e. The first-order valence-corrected chi connectivity index (χ1v) is 8.03. The fraction of sp³-hybridized carbons (Fsp3) is 0. The average Bonchev–Trinajstić information content (AvgIpc) is 2.78. The van der Waals surface area contributed by atoms with Gasteiger partial charge in [-0.05, 0) is 47.1 Å².